The predicted molar refractivity (Wildman–Crippen MR) is 148 cm³/mol. The minimum absolute atomic E-state index is 0.135. The van der Waals surface area contributed by atoms with E-state index in [1.807, 2.05) is 26.0 Å². The lowest BCUT2D eigenvalue weighted by Crippen LogP contribution is -2.29. The number of hydrogen-bond donors (Lipinski definition) is 3. The highest BCUT2D eigenvalue weighted by atomic mass is 35.5. The summed E-state index contributed by atoms with van der Waals surface area (Å²) in [6.45, 7) is 4.75. The first-order valence-electron chi connectivity index (χ1n) is 11.4. The van der Waals surface area contributed by atoms with Crippen molar-refractivity contribution in [2.24, 2.45) is 0 Å². The predicted octanol–water partition coefficient (Wildman–Crippen LogP) is 4.87. The summed E-state index contributed by atoms with van der Waals surface area (Å²) in [7, 11) is 5.86. The Balaban J connectivity index is 1.93. The van der Waals surface area contributed by atoms with E-state index >= 15 is 0 Å². The van der Waals surface area contributed by atoms with Crippen molar-refractivity contribution in [1.29, 1.82) is 0 Å². The third-order valence-corrected chi connectivity index (χ3v) is 6.36. The summed E-state index contributed by atoms with van der Waals surface area (Å²) in [4.78, 5) is 24.9. The van der Waals surface area contributed by atoms with Gasteiger partial charge in [0.25, 0.3) is 0 Å². The first-order chi connectivity index (χ1) is 17.6. The van der Waals surface area contributed by atoms with Crippen molar-refractivity contribution in [3.8, 4) is 0 Å². The Bertz CT molecular complexity index is 1290. The van der Waals surface area contributed by atoms with Gasteiger partial charge in [0.1, 0.15) is 5.82 Å². The first-order valence-corrected chi connectivity index (χ1v) is 12.2. The van der Waals surface area contributed by atoms with Crippen molar-refractivity contribution in [1.82, 2.24) is 14.9 Å². The fourth-order valence-electron chi connectivity index (χ4n) is 3.52. The number of hydrogen-bond acceptors (Lipinski definition) is 7. The lowest BCUT2D eigenvalue weighted by Gasteiger charge is -2.26. The maximum absolute atomic E-state index is 14.5. The van der Waals surface area contributed by atoms with Crippen LogP contribution in [0.25, 0.3) is 0 Å². The van der Waals surface area contributed by atoms with E-state index in [0.717, 1.165) is 12.2 Å². The Morgan fingerprint density at radius 3 is 2.57 bits per heavy atom. The summed E-state index contributed by atoms with van der Waals surface area (Å²) in [6.07, 6.45) is 2.90. The highest BCUT2D eigenvalue weighted by Crippen LogP contribution is 2.34. The topological polar surface area (TPSA) is 93.6 Å². The van der Waals surface area contributed by atoms with Crippen LogP contribution in [-0.4, -0.2) is 60.1 Å². The van der Waals surface area contributed by atoms with E-state index in [1.165, 1.54) is 12.1 Å². The molecule has 0 atom stereocenters. The number of halogens is 3. The molecular formula is C26H29Cl2FN6O2. The highest BCUT2D eigenvalue weighted by molar-refractivity contribution is 6.42. The number of anilines is 4. The zero-order chi connectivity index (χ0) is 27.1. The number of rotatable bonds is 11. The number of nitrogens with one attached hydrogen (secondary N) is 2. The largest absolute Gasteiger partial charge is 0.392 e. The van der Waals surface area contributed by atoms with Gasteiger partial charge in [-0.05, 0) is 50.0 Å². The maximum atomic E-state index is 14.5. The third kappa shape index (κ3) is 7.39. The number of nitrogens with zero attached hydrogens (tertiary/aromatic N) is 4. The molecule has 0 unspecified atom stereocenters. The van der Waals surface area contributed by atoms with Crippen LogP contribution in [-0.2, 0) is 17.8 Å². The van der Waals surface area contributed by atoms with E-state index in [4.69, 9.17) is 23.2 Å². The zero-order valence-electron chi connectivity index (χ0n) is 20.9. The molecule has 0 saturated heterocycles. The molecule has 11 heteroatoms. The number of aromatic nitrogens is 2. The minimum atomic E-state index is -0.596. The van der Waals surface area contributed by atoms with Crippen LogP contribution in [0.3, 0.4) is 0 Å². The Labute approximate surface area is 225 Å². The molecule has 0 bridgehead atoms. The molecule has 0 radical (unpaired) electrons. The van der Waals surface area contributed by atoms with Crippen molar-refractivity contribution >= 4 is 52.1 Å². The van der Waals surface area contributed by atoms with E-state index in [0.29, 0.717) is 34.7 Å². The molecule has 3 rings (SSSR count). The van der Waals surface area contributed by atoms with Gasteiger partial charge in [-0.1, -0.05) is 35.8 Å². The summed E-state index contributed by atoms with van der Waals surface area (Å²) in [5.74, 6) is -0.726. The molecule has 0 saturated carbocycles. The van der Waals surface area contributed by atoms with Crippen molar-refractivity contribution in [3.05, 3.63) is 81.9 Å². The number of carbonyl (C=O) groups excluding carboxylic acids is 1. The molecular weight excluding hydrogens is 518 g/mol. The normalized spacial score (nSPS) is 10.9. The summed E-state index contributed by atoms with van der Waals surface area (Å²) in [6, 6.07) is 8.27. The van der Waals surface area contributed by atoms with Gasteiger partial charge in [0.2, 0.25) is 11.9 Å². The Morgan fingerprint density at radius 2 is 1.89 bits per heavy atom. The molecule has 0 aliphatic heterocycles. The molecule has 37 heavy (non-hydrogen) atoms. The molecule has 3 aromatic rings. The van der Waals surface area contributed by atoms with Crippen LogP contribution in [0.1, 0.15) is 16.8 Å². The quantitative estimate of drug-likeness (QED) is 0.233. The van der Waals surface area contributed by atoms with E-state index < -0.39 is 5.82 Å². The fourth-order valence-corrected chi connectivity index (χ4v) is 3.85. The maximum Gasteiger partial charge on any atom is 0.247 e. The molecule has 0 fully saturated rings. The van der Waals surface area contributed by atoms with Crippen molar-refractivity contribution in [3.63, 3.8) is 0 Å². The van der Waals surface area contributed by atoms with Crippen LogP contribution >= 0.6 is 23.2 Å². The van der Waals surface area contributed by atoms with Crippen LogP contribution in [0.15, 0.2) is 49.2 Å². The number of benzene rings is 2. The third-order valence-electron chi connectivity index (χ3n) is 5.58. The number of carbonyl (C=O) groups is 1. The highest BCUT2D eigenvalue weighted by Gasteiger charge is 2.16. The van der Waals surface area contributed by atoms with Gasteiger partial charge in [-0.25, -0.2) is 14.4 Å². The Kier molecular flexibility index (Phi) is 9.82. The van der Waals surface area contributed by atoms with Crippen molar-refractivity contribution in [2.45, 2.75) is 13.0 Å². The van der Waals surface area contributed by atoms with Crippen LogP contribution in [0, 0.1) is 5.82 Å². The van der Waals surface area contributed by atoms with E-state index in [2.05, 4.69) is 32.1 Å². The average Bonchev–Trinajstić information content (AvgIpc) is 2.88. The van der Waals surface area contributed by atoms with Gasteiger partial charge in [0, 0.05) is 44.0 Å². The average molecular weight is 547 g/mol. The van der Waals surface area contributed by atoms with Gasteiger partial charge in [0.05, 0.1) is 33.7 Å². The molecule has 1 amide bonds. The van der Waals surface area contributed by atoms with Gasteiger partial charge < -0.3 is 25.5 Å². The molecule has 1 heterocycles. The Morgan fingerprint density at radius 1 is 1.14 bits per heavy atom. The molecule has 3 N–H and O–H groups in total. The second-order valence-corrected chi connectivity index (χ2v) is 9.40. The standard InChI is InChI=1S/C26H29Cl2FN6O2/c1-5-23(37)32-21-14-20(17(15-36)13-22(21)35(4)11-10-34(2)3)33-26-30-9-8-18(31-26)12-16-6-7-19(27)24(28)25(16)29/h5-9,13-14,36H,1,10-12,15H2,2-4H3,(H,32,37)(H,30,31,33). The Hall–Kier alpha value is -3.24. The van der Waals surface area contributed by atoms with Crippen LogP contribution < -0.4 is 15.5 Å². The number of aliphatic hydroxyl groups is 1. The minimum Gasteiger partial charge on any atom is -0.392 e. The second kappa shape index (κ2) is 12.8. The smallest absolute Gasteiger partial charge is 0.247 e. The lowest BCUT2D eigenvalue weighted by molar-refractivity contribution is -0.111. The molecule has 196 valence electrons. The van der Waals surface area contributed by atoms with Gasteiger partial charge in [-0.3, -0.25) is 4.79 Å². The summed E-state index contributed by atoms with van der Waals surface area (Å²) < 4.78 is 14.5. The molecule has 1 aromatic heterocycles. The zero-order valence-corrected chi connectivity index (χ0v) is 22.4. The van der Waals surface area contributed by atoms with Crippen molar-refractivity contribution < 1.29 is 14.3 Å². The van der Waals surface area contributed by atoms with Crippen LogP contribution in [0.2, 0.25) is 10.0 Å². The van der Waals surface area contributed by atoms with E-state index in [1.54, 1.807) is 30.5 Å². The SMILES string of the molecule is C=CC(=O)Nc1cc(Nc2nccc(Cc3ccc(Cl)c(Cl)c3F)n2)c(CO)cc1N(C)CCN(C)C. The number of aliphatic hydroxyl groups excluding tert-OH is 1. The van der Waals surface area contributed by atoms with Crippen molar-refractivity contribution in [2.75, 3.05) is 49.8 Å². The molecule has 0 spiro atoms. The van der Waals surface area contributed by atoms with E-state index in [9.17, 15) is 14.3 Å². The molecule has 0 aliphatic carbocycles. The lowest BCUT2D eigenvalue weighted by atomic mass is 10.1. The molecule has 2 aromatic carbocycles. The monoisotopic (exact) mass is 546 g/mol. The fraction of sp³-hybridized carbons (Fsp3) is 0.269. The van der Waals surface area contributed by atoms with Gasteiger partial charge in [0.15, 0.2) is 0 Å². The van der Waals surface area contributed by atoms with Crippen LogP contribution in [0.4, 0.5) is 27.4 Å². The first kappa shape index (κ1) is 28.3. The molecule has 8 nitrogen and oxygen atoms in total. The van der Waals surface area contributed by atoms with Crippen LogP contribution in [0.5, 0.6) is 0 Å². The summed E-state index contributed by atoms with van der Waals surface area (Å²) in [5, 5.41) is 16.0. The number of amides is 1. The second-order valence-electron chi connectivity index (χ2n) is 8.61. The summed E-state index contributed by atoms with van der Waals surface area (Å²) >= 11 is 11.8. The van der Waals surface area contributed by atoms with Gasteiger partial charge in [-0.15, -0.1) is 0 Å². The summed E-state index contributed by atoms with van der Waals surface area (Å²) in [5.41, 5.74) is 3.23. The molecule has 0 aliphatic rings. The van der Waals surface area contributed by atoms with Gasteiger partial charge in [-0.2, -0.15) is 0 Å². The number of likely N-dealkylation sites (N-methyl/N-ethyl adjacent to an activating group) is 2. The van der Waals surface area contributed by atoms with Gasteiger partial charge >= 0.3 is 0 Å². The van der Waals surface area contributed by atoms with E-state index in [-0.39, 0.29) is 34.9 Å².